The molecule has 4 saturated heterocycles. The van der Waals surface area contributed by atoms with Crippen LogP contribution in [0.5, 0.6) is 0 Å². The molecule has 8 atom stereocenters. The maximum absolute atomic E-state index is 12.1. The molecule has 0 aromatic carbocycles. The Kier molecular flexibility index (Phi) is 7.08. The number of esters is 3. The first-order chi connectivity index (χ1) is 15.8. The molecule has 0 aliphatic carbocycles. The van der Waals surface area contributed by atoms with Crippen molar-refractivity contribution in [3.63, 3.8) is 0 Å². The maximum atomic E-state index is 12.1. The van der Waals surface area contributed by atoms with Gasteiger partial charge in [-0.15, -0.1) is 0 Å². The summed E-state index contributed by atoms with van der Waals surface area (Å²) in [5, 5.41) is 8.55. The van der Waals surface area contributed by atoms with Gasteiger partial charge in [0, 0.05) is 30.2 Å². The van der Waals surface area contributed by atoms with Gasteiger partial charge in [0.15, 0.2) is 18.3 Å². The van der Waals surface area contributed by atoms with Crippen molar-refractivity contribution in [1.29, 1.82) is 0 Å². The van der Waals surface area contributed by atoms with E-state index in [1.807, 2.05) is 6.92 Å². The van der Waals surface area contributed by atoms with Crippen molar-refractivity contribution in [1.82, 2.24) is 0 Å². The average molecular weight is 468 g/mol. The number of hydrogen-bond donors (Lipinski definition) is 1. The second kappa shape index (κ2) is 10.00. The lowest BCUT2D eigenvalue weighted by atomic mass is 10.0. The van der Waals surface area contributed by atoms with Gasteiger partial charge in [-0.25, -0.2) is 19.2 Å². The zero-order chi connectivity index (χ0) is 23.5. The Hall–Kier alpha value is -2.80. The smallest absolute Gasteiger partial charge is 0.331 e. The van der Waals surface area contributed by atoms with Crippen LogP contribution in [0.25, 0.3) is 0 Å². The number of carboxylic acids is 1. The monoisotopic (exact) mass is 468 g/mol. The second-order valence-corrected chi connectivity index (χ2v) is 8.10. The number of aliphatic carboxylic acids is 1. The van der Waals surface area contributed by atoms with E-state index in [0.29, 0.717) is 12.7 Å². The van der Waals surface area contributed by atoms with Gasteiger partial charge in [-0.1, -0.05) is 6.92 Å². The van der Waals surface area contributed by atoms with Gasteiger partial charge >= 0.3 is 23.9 Å². The number of rotatable bonds is 7. The van der Waals surface area contributed by atoms with Crippen LogP contribution >= 0.6 is 0 Å². The van der Waals surface area contributed by atoms with Gasteiger partial charge < -0.3 is 38.3 Å². The number of carbonyl (C=O) groups excluding carboxylic acids is 3. The van der Waals surface area contributed by atoms with Crippen LogP contribution in [0.1, 0.15) is 6.92 Å². The Morgan fingerprint density at radius 1 is 0.636 bits per heavy atom. The maximum Gasteiger partial charge on any atom is 0.331 e. The first-order valence-electron chi connectivity index (χ1n) is 10.5. The molecule has 4 heterocycles. The second-order valence-electron chi connectivity index (χ2n) is 8.10. The predicted molar refractivity (Wildman–Crippen MR) is 104 cm³/mol. The molecular weight excluding hydrogens is 444 g/mol. The summed E-state index contributed by atoms with van der Waals surface area (Å²) in [6.07, 6.45) is -0.447. The molecule has 0 aromatic rings. The van der Waals surface area contributed by atoms with E-state index >= 15 is 0 Å². The van der Waals surface area contributed by atoms with Gasteiger partial charge in [-0.05, 0) is 0 Å². The van der Waals surface area contributed by atoms with Crippen LogP contribution in [0.4, 0.5) is 0 Å². The van der Waals surface area contributed by atoms with Crippen molar-refractivity contribution < 1.29 is 57.4 Å². The summed E-state index contributed by atoms with van der Waals surface area (Å²) < 4.78 is 38.0. The number of hydrogen-bond acceptors (Lipinski definition) is 11. The molecule has 0 spiro atoms. The largest absolute Gasteiger partial charge is 0.478 e. The Labute approximate surface area is 188 Å². The van der Waals surface area contributed by atoms with Crippen LogP contribution in [-0.2, 0) is 52.3 Å². The summed E-state index contributed by atoms with van der Waals surface area (Å²) in [7, 11) is 0. The fraction of sp³-hybridized carbons (Fsp3) is 0.619. The molecule has 12 heteroatoms. The first-order valence-corrected chi connectivity index (χ1v) is 10.5. The summed E-state index contributed by atoms with van der Waals surface area (Å²) in [6, 6.07) is 0. The van der Waals surface area contributed by atoms with E-state index in [1.165, 1.54) is 0 Å². The predicted octanol–water partition coefficient (Wildman–Crippen LogP) is -0.850. The van der Waals surface area contributed by atoms with E-state index in [9.17, 15) is 19.2 Å². The summed E-state index contributed by atoms with van der Waals surface area (Å²) in [4.78, 5) is 46.3. The fourth-order valence-corrected chi connectivity index (χ4v) is 4.23. The van der Waals surface area contributed by atoms with Crippen molar-refractivity contribution >= 4 is 23.9 Å². The van der Waals surface area contributed by atoms with Gasteiger partial charge in [0.2, 0.25) is 0 Å². The van der Waals surface area contributed by atoms with Gasteiger partial charge in [-0.2, -0.15) is 0 Å². The number of ether oxygens (including phenoxy) is 7. The summed E-state index contributed by atoms with van der Waals surface area (Å²) in [5.41, 5.74) is 0. The van der Waals surface area contributed by atoms with Crippen molar-refractivity contribution in [3.8, 4) is 0 Å². The molecule has 0 radical (unpaired) electrons. The van der Waals surface area contributed by atoms with Crippen LogP contribution in [0.15, 0.2) is 24.3 Å². The van der Waals surface area contributed by atoms with Gasteiger partial charge in [0.1, 0.15) is 18.3 Å². The highest BCUT2D eigenvalue weighted by Gasteiger charge is 2.51. The highest BCUT2D eigenvalue weighted by atomic mass is 16.7. The molecule has 1 N–H and O–H groups in total. The van der Waals surface area contributed by atoms with E-state index in [2.05, 4.69) is 0 Å². The molecular formula is C21H24O12. The molecule has 0 saturated carbocycles. The third kappa shape index (κ3) is 5.41. The highest BCUT2D eigenvalue weighted by Crippen LogP contribution is 2.32. The molecule has 4 fully saturated rings. The zero-order valence-corrected chi connectivity index (χ0v) is 17.7. The topological polar surface area (TPSA) is 153 Å². The van der Waals surface area contributed by atoms with Crippen LogP contribution in [0, 0.1) is 5.92 Å². The van der Waals surface area contributed by atoms with Gasteiger partial charge in [0.05, 0.1) is 32.5 Å². The first kappa shape index (κ1) is 23.4. The lowest BCUT2D eigenvalue weighted by Gasteiger charge is -2.16. The minimum atomic E-state index is -1.28. The Balaban J connectivity index is 1.22. The van der Waals surface area contributed by atoms with Crippen molar-refractivity contribution in [3.05, 3.63) is 24.3 Å². The summed E-state index contributed by atoms with van der Waals surface area (Å²) in [6.45, 7) is 2.79. The SMILES string of the molecule is C[C@H]1CO[C@H]2[C@@H]1OC[C@@H]2OC(=O)C=CC(=O)O[C@H]1CO[C@H]2[C@@H]1OC[C@@H]2OC(=O)C=CC(=O)O. The molecule has 0 amide bonds. The van der Waals surface area contributed by atoms with E-state index in [-0.39, 0.29) is 37.9 Å². The molecule has 0 bridgehead atoms. The van der Waals surface area contributed by atoms with E-state index in [0.717, 1.165) is 18.2 Å². The minimum Gasteiger partial charge on any atom is -0.478 e. The minimum absolute atomic E-state index is 0.00447. The standard InChI is InChI=1S/C21H24O12/c1-10-6-27-19-11(7-28-18(10)19)31-16(25)4-5-17(26)33-13-9-30-20-12(8-29-21(13)20)32-15(24)3-2-14(22)23/h2-5,10-13,18-21H,6-9H2,1H3,(H,22,23)/t10-,11-,12-,13-,18+,19+,20+,21+/m0/s1. The highest BCUT2D eigenvalue weighted by molar-refractivity contribution is 5.92. The molecule has 180 valence electrons. The van der Waals surface area contributed by atoms with Gasteiger partial charge in [-0.3, -0.25) is 0 Å². The third-order valence-corrected chi connectivity index (χ3v) is 5.74. The van der Waals surface area contributed by atoms with Crippen molar-refractivity contribution in [2.75, 3.05) is 26.4 Å². The van der Waals surface area contributed by atoms with Crippen LogP contribution in [-0.4, -0.2) is 98.1 Å². The summed E-state index contributed by atoms with van der Waals surface area (Å²) in [5.74, 6) is -3.42. The number of fused-ring (bicyclic) bond motifs is 2. The third-order valence-electron chi connectivity index (χ3n) is 5.74. The van der Waals surface area contributed by atoms with E-state index < -0.39 is 54.4 Å². The van der Waals surface area contributed by atoms with Crippen molar-refractivity contribution in [2.45, 2.75) is 49.7 Å². The molecule has 0 unspecified atom stereocenters. The average Bonchev–Trinajstić information content (AvgIpc) is 3.52. The normalized spacial score (nSPS) is 37.2. The molecule has 4 aliphatic rings. The molecule has 0 aromatic heterocycles. The lowest BCUT2D eigenvalue weighted by molar-refractivity contribution is -0.151. The number of carbonyl (C=O) groups is 4. The van der Waals surface area contributed by atoms with Gasteiger partial charge in [0.25, 0.3) is 0 Å². The number of carboxylic acid groups (broad SMARTS) is 1. The Morgan fingerprint density at radius 2 is 1.00 bits per heavy atom. The molecule has 4 aliphatic heterocycles. The Morgan fingerprint density at radius 3 is 1.45 bits per heavy atom. The molecule has 4 rings (SSSR count). The van der Waals surface area contributed by atoms with E-state index in [1.54, 1.807) is 0 Å². The Bertz CT molecular complexity index is 850. The van der Waals surface area contributed by atoms with E-state index in [4.69, 9.17) is 38.3 Å². The van der Waals surface area contributed by atoms with Crippen molar-refractivity contribution in [2.24, 2.45) is 5.92 Å². The van der Waals surface area contributed by atoms with Crippen LogP contribution in [0.3, 0.4) is 0 Å². The fourth-order valence-electron chi connectivity index (χ4n) is 4.23. The molecule has 33 heavy (non-hydrogen) atoms. The van der Waals surface area contributed by atoms with Crippen LogP contribution in [0.2, 0.25) is 0 Å². The lowest BCUT2D eigenvalue weighted by Crippen LogP contribution is -2.35. The van der Waals surface area contributed by atoms with Crippen LogP contribution < -0.4 is 0 Å². The quantitative estimate of drug-likeness (QED) is 0.281. The summed E-state index contributed by atoms with van der Waals surface area (Å²) >= 11 is 0. The molecule has 12 nitrogen and oxygen atoms in total. The zero-order valence-electron chi connectivity index (χ0n) is 17.7.